The SMILES string of the molecule is NC(=O)CN1CCC(C(=O)N2CCC[C@@H](Cc3ccc(F)cc3)C2)CC1. The van der Waals surface area contributed by atoms with Crippen LogP contribution in [0.25, 0.3) is 0 Å². The summed E-state index contributed by atoms with van der Waals surface area (Å²) >= 11 is 0. The van der Waals surface area contributed by atoms with Gasteiger partial charge in [-0.25, -0.2) is 4.39 Å². The van der Waals surface area contributed by atoms with Gasteiger partial charge in [0.25, 0.3) is 0 Å². The summed E-state index contributed by atoms with van der Waals surface area (Å²) in [5.41, 5.74) is 6.37. The third-order valence-electron chi connectivity index (χ3n) is 5.58. The summed E-state index contributed by atoms with van der Waals surface area (Å²) in [4.78, 5) is 28.0. The summed E-state index contributed by atoms with van der Waals surface area (Å²) < 4.78 is 13.1. The molecule has 0 aliphatic carbocycles. The summed E-state index contributed by atoms with van der Waals surface area (Å²) in [6, 6.07) is 6.68. The molecule has 2 saturated heterocycles. The standard InChI is InChI=1S/C20H28FN3O2/c21-18-5-3-15(4-6-18)12-16-2-1-9-24(13-16)20(26)17-7-10-23(11-8-17)14-19(22)25/h3-6,16-17H,1-2,7-14H2,(H2,22,25)/t16-/m0/s1. The van der Waals surface area contributed by atoms with Crippen LogP contribution >= 0.6 is 0 Å². The fourth-order valence-corrected chi connectivity index (χ4v) is 4.20. The summed E-state index contributed by atoms with van der Waals surface area (Å²) in [5, 5.41) is 0. The van der Waals surface area contributed by atoms with E-state index in [0.29, 0.717) is 5.92 Å². The first-order valence-electron chi connectivity index (χ1n) is 9.55. The quantitative estimate of drug-likeness (QED) is 0.870. The molecular weight excluding hydrogens is 333 g/mol. The van der Waals surface area contributed by atoms with E-state index in [1.54, 1.807) is 0 Å². The van der Waals surface area contributed by atoms with Crippen LogP contribution in [-0.4, -0.2) is 54.3 Å². The van der Waals surface area contributed by atoms with Crippen molar-refractivity contribution in [3.8, 4) is 0 Å². The van der Waals surface area contributed by atoms with E-state index < -0.39 is 0 Å². The molecule has 6 heteroatoms. The fraction of sp³-hybridized carbons (Fsp3) is 0.600. The zero-order chi connectivity index (χ0) is 18.5. The molecule has 0 spiro atoms. The number of benzene rings is 1. The van der Waals surface area contributed by atoms with Crippen LogP contribution in [0.2, 0.25) is 0 Å². The Kier molecular flexibility index (Phi) is 6.25. The van der Waals surface area contributed by atoms with E-state index in [0.717, 1.165) is 63.8 Å². The van der Waals surface area contributed by atoms with Gasteiger partial charge in [0.2, 0.25) is 11.8 Å². The molecule has 0 saturated carbocycles. The number of likely N-dealkylation sites (tertiary alicyclic amines) is 2. The smallest absolute Gasteiger partial charge is 0.231 e. The van der Waals surface area contributed by atoms with Gasteiger partial charge < -0.3 is 10.6 Å². The van der Waals surface area contributed by atoms with Crippen molar-refractivity contribution in [3.63, 3.8) is 0 Å². The first-order valence-corrected chi connectivity index (χ1v) is 9.55. The number of piperidine rings is 2. The highest BCUT2D eigenvalue weighted by Crippen LogP contribution is 2.25. The highest BCUT2D eigenvalue weighted by Gasteiger charge is 2.31. The number of nitrogens with zero attached hydrogens (tertiary/aromatic N) is 2. The Balaban J connectivity index is 1.50. The average Bonchev–Trinajstić information content (AvgIpc) is 2.63. The third-order valence-corrected chi connectivity index (χ3v) is 5.58. The van der Waals surface area contributed by atoms with Crippen LogP contribution in [0, 0.1) is 17.7 Å². The number of amides is 2. The number of carbonyl (C=O) groups is 2. The van der Waals surface area contributed by atoms with Gasteiger partial charge in [-0.3, -0.25) is 14.5 Å². The lowest BCUT2D eigenvalue weighted by Crippen LogP contribution is -2.47. The molecule has 2 fully saturated rings. The summed E-state index contributed by atoms with van der Waals surface area (Å²) in [7, 11) is 0. The largest absolute Gasteiger partial charge is 0.369 e. The lowest BCUT2D eigenvalue weighted by molar-refractivity contribution is -0.139. The van der Waals surface area contributed by atoms with Crippen LogP contribution in [-0.2, 0) is 16.0 Å². The number of hydrogen-bond donors (Lipinski definition) is 1. The van der Waals surface area contributed by atoms with Gasteiger partial charge >= 0.3 is 0 Å². The predicted molar refractivity (Wildman–Crippen MR) is 97.8 cm³/mol. The van der Waals surface area contributed by atoms with Gasteiger partial charge in [-0.15, -0.1) is 0 Å². The Bertz CT molecular complexity index is 626. The molecule has 0 bridgehead atoms. The van der Waals surface area contributed by atoms with Crippen molar-refractivity contribution in [2.75, 3.05) is 32.7 Å². The third kappa shape index (κ3) is 5.04. The van der Waals surface area contributed by atoms with Gasteiger partial charge in [-0.2, -0.15) is 0 Å². The van der Waals surface area contributed by atoms with Crippen molar-refractivity contribution in [2.24, 2.45) is 17.6 Å². The molecule has 2 heterocycles. The molecule has 0 aromatic heterocycles. The molecule has 5 nitrogen and oxygen atoms in total. The van der Waals surface area contributed by atoms with Crippen molar-refractivity contribution < 1.29 is 14.0 Å². The second kappa shape index (κ2) is 8.62. The van der Waals surface area contributed by atoms with Gasteiger partial charge in [-0.1, -0.05) is 12.1 Å². The number of carbonyl (C=O) groups excluding carboxylic acids is 2. The molecule has 142 valence electrons. The van der Waals surface area contributed by atoms with Gasteiger partial charge in [-0.05, 0) is 68.8 Å². The number of hydrogen-bond acceptors (Lipinski definition) is 3. The Morgan fingerprint density at radius 3 is 2.42 bits per heavy atom. The maximum atomic E-state index is 13.1. The molecule has 2 N–H and O–H groups in total. The van der Waals surface area contributed by atoms with Crippen LogP contribution in [0.4, 0.5) is 4.39 Å². The maximum Gasteiger partial charge on any atom is 0.231 e. The fourth-order valence-electron chi connectivity index (χ4n) is 4.20. The van der Waals surface area contributed by atoms with Crippen molar-refractivity contribution >= 4 is 11.8 Å². The minimum atomic E-state index is -0.311. The number of primary amides is 1. The van der Waals surface area contributed by atoms with Gasteiger partial charge in [0.1, 0.15) is 5.82 Å². The molecule has 2 amide bonds. The van der Waals surface area contributed by atoms with Crippen LogP contribution in [0.3, 0.4) is 0 Å². The minimum absolute atomic E-state index is 0.0590. The second-order valence-electron chi connectivity index (χ2n) is 7.64. The van der Waals surface area contributed by atoms with Gasteiger partial charge in [0, 0.05) is 19.0 Å². The monoisotopic (exact) mass is 361 g/mol. The molecule has 0 radical (unpaired) electrons. The summed E-state index contributed by atoms with van der Waals surface area (Å²) in [6.07, 6.45) is 4.62. The van der Waals surface area contributed by atoms with Crippen molar-refractivity contribution in [1.29, 1.82) is 0 Å². The Labute approximate surface area is 154 Å². The molecule has 1 atom stereocenters. The molecule has 1 aromatic rings. The molecule has 0 unspecified atom stereocenters. The second-order valence-corrected chi connectivity index (χ2v) is 7.64. The molecular formula is C20H28FN3O2. The average molecular weight is 361 g/mol. The van der Waals surface area contributed by atoms with Crippen molar-refractivity contribution in [3.05, 3.63) is 35.6 Å². The maximum absolute atomic E-state index is 13.1. The van der Waals surface area contributed by atoms with E-state index in [2.05, 4.69) is 0 Å². The number of halogens is 1. The highest BCUT2D eigenvalue weighted by atomic mass is 19.1. The lowest BCUT2D eigenvalue weighted by Gasteiger charge is -2.37. The molecule has 2 aliphatic heterocycles. The highest BCUT2D eigenvalue weighted by molar-refractivity contribution is 5.79. The molecule has 1 aromatic carbocycles. The zero-order valence-electron chi connectivity index (χ0n) is 15.2. The summed E-state index contributed by atoms with van der Waals surface area (Å²) in [6.45, 7) is 3.42. The van der Waals surface area contributed by atoms with E-state index in [1.807, 2.05) is 21.9 Å². The first-order chi connectivity index (χ1) is 12.5. The van der Waals surface area contributed by atoms with Gasteiger partial charge in [0.05, 0.1) is 6.54 Å². The van der Waals surface area contributed by atoms with Crippen LogP contribution < -0.4 is 5.73 Å². The van der Waals surface area contributed by atoms with Crippen molar-refractivity contribution in [1.82, 2.24) is 9.80 Å². The Morgan fingerprint density at radius 1 is 1.08 bits per heavy atom. The van der Waals surface area contributed by atoms with Crippen molar-refractivity contribution in [2.45, 2.75) is 32.1 Å². The molecule has 26 heavy (non-hydrogen) atoms. The Morgan fingerprint density at radius 2 is 1.77 bits per heavy atom. The van der Waals surface area contributed by atoms with Crippen LogP contribution in [0.5, 0.6) is 0 Å². The number of nitrogens with two attached hydrogens (primary N) is 1. The van der Waals surface area contributed by atoms with Gasteiger partial charge in [0.15, 0.2) is 0 Å². The van der Waals surface area contributed by atoms with E-state index >= 15 is 0 Å². The normalized spacial score (nSPS) is 22.3. The van der Waals surface area contributed by atoms with E-state index in [1.165, 1.54) is 12.1 Å². The van der Waals surface area contributed by atoms with E-state index in [9.17, 15) is 14.0 Å². The number of rotatable bonds is 5. The molecule has 2 aliphatic rings. The Hall–Kier alpha value is -1.95. The van der Waals surface area contributed by atoms with E-state index in [-0.39, 0.29) is 30.1 Å². The first kappa shape index (κ1) is 18.8. The topological polar surface area (TPSA) is 66.6 Å². The van der Waals surface area contributed by atoms with Crippen LogP contribution in [0.1, 0.15) is 31.2 Å². The minimum Gasteiger partial charge on any atom is -0.369 e. The lowest BCUT2D eigenvalue weighted by atomic mass is 9.89. The predicted octanol–water partition coefficient (Wildman–Crippen LogP) is 1.80. The molecule has 3 rings (SSSR count). The zero-order valence-corrected chi connectivity index (χ0v) is 15.2. The summed E-state index contributed by atoms with van der Waals surface area (Å²) in [5.74, 6) is 0.232. The van der Waals surface area contributed by atoms with E-state index in [4.69, 9.17) is 5.73 Å². The van der Waals surface area contributed by atoms with Crippen LogP contribution in [0.15, 0.2) is 24.3 Å².